The number of anilines is 2. The molecule has 0 aliphatic heterocycles. The second kappa shape index (κ2) is 4.18. The Morgan fingerprint density at radius 3 is 3.20 bits per heavy atom. The molecule has 0 bridgehead atoms. The van der Waals surface area contributed by atoms with Gasteiger partial charge >= 0.3 is 0 Å². The van der Waals surface area contributed by atoms with Gasteiger partial charge in [-0.2, -0.15) is 9.47 Å². The number of aromatic nitrogens is 3. The summed E-state index contributed by atoms with van der Waals surface area (Å²) in [6, 6.07) is 1.89. The maximum absolute atomic E-state index is 5.61. The second-order valence-electron chi connectivity index (χ2n) is 2.87. The van der Waals surface area contributed by atoms with E-state index in [1.165, 1.54) is 11.5 Å². The van der Waals surface area contributed by atoms with Crippen LogP contribution in [0.25, 0.3) is 0 Å². The van der Waals surface area contributed by atoms with Gasteiger partial charge in [0, 0.05) is 6.20 Å². The average Bonchev–Trinajstić information content (AvgIpc) is 2.84. The lowest BCUT2D eigenvalue weighted by atomic mass is 10.4. The molecule has 0 atom stereocenters. The molecule has 0 saturated heterocycles. The monoisotopic (exact) mass is 225 g/mol. The first-order valence-electron chi connectivity index (χ1n) is 4.32. The molecule has 2 heterocycles. The second-order valence-corrected chi connectivity index (χ2v) is 3.64. The Balaban J connectivity index is 2.05. The molecule has 7 heteroatoms. The molecule has 2 rings (SSSR count). The molecule has 6 nitrogen and oxygen atoms in total. The topological polar surface area (TPSA) is 88.8 Å². The molecule has 0 saturated carbocycles. The quantitative estimate of drug-likeness (QED) is 0.724. The maximum atomic E-state index is 5.61. The fourth-order valence-electron chi connectivity index (χ4n) is 1.16. The van der Waals surface area contributed by atoms with E-state index in [1.54, 1.807) is 13.3 Å². The van der Waals surface area contributed by atoms with E-state index in [0.717, 1.165) is 10.7 Å². The van der Waals surface area contributed by atoms with Crippen molar-refractivity contribution in [2.24, 2.45) is 0 Å². The Bertz CT molecular complexity index is 424. The number of rotatable bonds is 4. The SMILES string of the molecule is COc1c(N)nsc1NCc1ccn[nH]1. The zero-order valence-electron chi connectivity index (χ0n) is 8.15. The third kappa shape index (κ3) is 2.01. The Hall–Kier alpha value is -1.76. The lowest BCUT2D eigenvalue weighted by Crippen LogP contribution is -2.00. The first-order chi connectivity index (χ1) is 7.31. The van der Waals surface area contributed by atoms with Gasteiger partial charge in [-0.25, -0.2) is 0 Å². The highest BCUT2D eigenvalue weighted by atomic mass is 32.1. The number of nitrogens with zero attached hydrogens (tertiary/aromatic N) is 2. The van der Waals surface area contributed by atoms with Crippen molar-refractivity contribution in [2.45, 2.75) is 6.54 Å². The van der Waals surface area contributed by atoms with E-state index in [4.69, 9.17) is 10.5 Å². The summed E-state index contributed by atoms with van der Waals surface area (Å²) >= 11 is 1.28. The standard InChI is InChI=1S/C8H11N5OS/c1-14-6-7(9)13-15-8(6)10-4-5-2-3-11-12-5/h2-3,10H,4H2,1H3,(H2,9,13)(H,11,12). The number of ether oxygens (including phenoxy) is 1. The summed E-state index contributed by atoms with van der Waals surface area (Å²) in [5.74, 6) is 1.01. The maximum Gasteiger partial charge on any atom is 0.197 e. The van der Waals surface area contributed by atoms with E-state index < -0.39 is 0 Å². The van der Waals surface area contributed by atoms with Crippen LogP contribution in [0, 0.1) is 0 Å². The molecule has 80 valence electrons. The zero-order valence-corrected chi connectivity index (χ0v) is 8.97. The number of nitrogens with one attached hydrogen (secondary N) is 2. The molecule has 0 fully saturated rings. The van der Waals surface area contributed by atoms with Crippen molar-refractivity contribution >= 4 is 22.4 Å². The molecule has 0 aromatic carbocycles. The molecule has 0 radical (unpaired) electrons. The lowest BCUT2D eigenvalue weighted by molar-refractivity contribution is 0.419. The van der Waals surface area contributed by atoms with E-state index in [9.17, 15) is 0 Å². The fraction of sp³-hybridized carbons (Fsp3) is 0.250. The van der Waals surface area contributed by atoms with Crippen LogP contribution in [0.15, 0.2) is 12.3 Å². The smallest absolute Gasteiger partial charge is 0.197 e. The van der Waals surface area contributed by atoms with Crippen LogP contribution in [0.3, 0.4) is 0 Å². The van der Waals surface area contributed by atoms with E-state index in [-0.39, 0.29) is 0 Å². The van der Waals surface area contributed by atoms with Gasteiger partial charge in [-0.05, 0) is 17.6 Å². The minimum absolute atomic E-state index is 0.412. The highest BCUT2D eigenvalue weighted by molar-refractivity contribution is 7.11. The predicted octanol–water partition coefficient (Wildman–Crippen LogP) is 1.07. The predicted molar refractivity (Wildman–Crippen MR) is 59.0 cm³/mol. The summed E-state index contributed by atoms with van der Waals surface area (Å²) in [5.41, 5.74) is 6.60. The highest BCUT2D eigenvalue weighted by Crippen LogP contribution is 2.34. The summed E-state index contributed by atoms with van der Waals surface area (Å²) in [5, 5.41) is 10.7. The number of aromatic amines is 1. The van der Waals surface area contributed by atoms with Crippen LogP contribution in [0.1, 0.15) is 5.69 Å². The van der Waals surface area contributed by atoms with Crippen LogP contribution in [-0.2, 0) is 6.54 Å². The van der Waals surface area contributed by atoms with Crippen molar-refractivity contribution in [3.8, 4) is 5.75 Å². The number of hydrogen-bond acceptors (Lipinski definition) is 6. The van der Waals surface area contributed by atoms with Crippen LogP contribution in [0.5, 0.6) is 5.75 Å². The van der Waals surface area contributed by atoms with Gasteiger partial charge in [-0.15, -0.1) is 0 Å². The number of nitrogens with two attached hydrogens (primary N) is 1. The van der Waals surface area contributed by atoms with Gasteiger partial charge in [0.2, 0.25) is 0 Å². The summed E-state index contributed by atoms with van der Waals surface area (Å²) in [4.78, 5) is 0. The third-order valence-corrected chi connectivity index (χ3v) is 2.68. The molecule has 0 unspecified atom stereocenters. The Morgan fingerprint density at radius 1 is 1.67 bits per heavy atom. The van der Waals surface area contributed by atoms with Gasteiger partial charge < -0.3 is 15.8 Å². The fourth-order valence-corrected chi connectivity index (χ4v) is 1.84. The molecule has 0 amide bonds. The Labute approximate surface area is 90.6 Å². The molecular formula is C8H11N5OS. The Morgan fingerprint density at radius 2 is 2.53 bits per heavy atom. The number of methoxy groups -OCH3 is 1. The first-order valence-corrected chi connectivity index (χ1v) is 5.10. The van der Waals surface area contributed by atoms with Gasteiger partial charge in [-0.1, -0.05) is 0 Å². The van der Waals surface area contributed by atoms with Crippen LogP contribution in [-0.4, -0.2) is 21.7 Å². The molecule has 0 aliphatic carbocycles. The molecule has 2 aromatic heterocycles. The molecule has 15 heavy (non-hydrogen) atoms. The van der Waals surface area contributed by atoms with Crippen molar-refractivity contribution < 1.29 is 4.74 Å². The largest absolute Gasteiger partial charge is 0.490 e. The van der Waals surface area contributed by atoms with Crippen LogP contribution in [0.2, 0.25) is 0 Å². The van der Waals surface area contributed by atoms with Gasteiger partial charge in [0.1, 0.15) is 0 Å². The van der Waals surface area contributed by atoms with E-state index >= 15 is 0 Å². The van der Waals surface area contributed by atoms with E-state index in [0.29, 0.717) is 18.1 Å². The number of H-pyrrole nitrogens is 1. The van der Waals surface area contributed by atoms with Crippen molar-refractivity contribution in [1.82, 2.24) is 14.6 Å². The van der Waals surface area contributed by atoms with Gasteiger partial charge in [-0.3, -0.25) is 5.10 Å². The van der Waals surface area contributed by atoms with Crippen molar-refractivity contribution in [3.05, 3.63) is 18.0 Å². The van der Waals surface area contributed by atoms with Crippen LogP contribution < -0.4 is 15.8 Å². The van der Waals surface area contributed by atoms with Crippen LogP contribution >= 0.6 is 11.5 Å². The first kappa shape index (κ1) is 9.78. The number of nitrogen functional groups attached to an aromatic ring is 1. The third-order valence-electron chi connectivity index (χ3n) is 1.88. The Kier molecular flexibility index (Phi) is 2.72. The van der Waals surface area contributed by atoms with Gasteiger partial charge in [0.05, 0.1) is 19.3 Å². The van der Waals surface area contributed by atoms with Crippen molar-refractivity contribution in [1.29, 1.82) is 0 Å². The highest BCUT2D eigenvalue weighted by Gasteiger charge is 2.11. The van der Waals surface area contributed by atoms with Gasteiger partial charge in [0.15, 0.2) is 16.6 Å². The minimum atomic E-state index is 0.412. The normalized spacial score (nSPS) is 10.2. The summed E-state index contributed by atoms with van der Waals surface area (Å²) < 4.78 is 9.11. The molecule has 2 aromatic rings. The molecular weight excluding hydrogens is 214 g/mol. The molecule has 0 aliphatic rings. The summed E-state index contributed by atoms with van der Waals surface area (Å²) in [6.07, 6.45) is 1.70. The zero-order chi connectivity index (χ0) is 10.7. The minimum Gasteiger partial charge on any atom is -0.490 e. The van der Waals surface area contributed by atoms with E-state index in [1.807, 2.05) is 6.07 Å². The lowest BCUT2D eigenvalue weighted by Gasteiger charge is -2.03. The number of hydrogen-bond donors (Lipinski definition) is 3. The molecule has 4 N–H and O–H groups in total. The average molecular weight is 225 g/mol. The van der Waals surface area contributed by atoms with Crippen molar-refractivity contribution in [2.75, 3.05) is 18.2 Å². The van der Waals surface area contributed by atoms with E-state index in [2.05, 4.69) is 19.9 Å². The van der Waals surface area contributed by atoms with Gasteiger partial charge in [0.25, 0.3) is 0 Å². The summed E-state index contributed by atoms with van der Waals surface area (Å²) in [7, 11) is 1.57. The van der Waals surface area contributed by atoms with Crippen LogP contribution in [0.4, 0.5) is 10.8 Å². The summed E-state index contributed by atoms with van der Waals surface area (Å²) in [6.45, 7) is 0.637. The van der Waals surface area contributed by atoms with Crippen molar-refractivity contribution in [3.63, 3.8) is 0 Å². The molecule has 0 spiro atoms.